The number of nitrogen functional groups attached to an aromatic ring is 1. The second-order valence-electron chi connectivity index (χ2n) is 4.09. The molecule has 0 saturated heterocycles. The van der Waals surface area contributed by atoms with Gasteiger partial charge in [0.2, 0.25) is 0 Å². The first-order valence-corrected chi connectivity index (χ1v) is 7.40. The third kappa shape index (κ3) is 3.00. The van der Waals surface area contributed by atoms with E-state index in [4.69, 9.17) is 17.3 Å². The van der Waals surface area contributed by atoms with E-state index in [1.807, 2.05) is 0 Å². The predicted molar refractivity (Wildman–Crippen MR) is 77.9 cm³/mol. The van der Waals surface area contributed by atoms with Crippen molar-refractivity contribution in [3.05, 3.63) is 53.1 Å². The Morgan fingerprint density at radius 2 is 1.79 bits per heavy atom. The summed E-state index contributed by atoms with van der Waals surface area (Å²) in [6.07, 6.45) is 0. The molecule has 0 saturated carbocycles. The van der Waals surface area contributed by atoms with E-state index in [-0.39, 0.29) is 9.92 Å². The van der Waals surface area contributed by atoms with E-state index >= 15 is 0 Å². The molecule has 0 radical (unpaired) electrons. The van der Waals surface area contributed by atoms with Gasteiger partial charge >= 0.3 is 0 Å². The maximum atomic E-state index is 12.3. The van der Waals surface area contributed by atoms with Crippen LogP contribution >= 0.6 is 11.6 Å². The van der Waals surface area contributed by atoms with Crippen molar-refractivity contribution < 1.29 is 8.42 Å². The summed E-state index contributed by atoms with van der Waals surface area (Å²) in [5.41, 5.74) is 7.05. The summed E-state index contributed by atoms with van der Waals surface area (Å²) in [6.45, 7) is 1.64. The highest BCUT2D eigenvalue weighted by Gasteiger charge is 2.19. The molecule has 0 aromatic heterocycles. The van der Waals surface area contributed by atoms with E-state index in [0.29, 0.717) is 16.9 Å². The molecule has 0 bridgehead atoms. The summed E-state index contributed by atoms with van der Waals surface area (Å²) < 4.78 is 27.1. The molecule has 3 N–H and O–H groups in total. The molecule has 0 fully saturated rings. The summed E-state index contributed by atoms with van der Waals surface area (Å²) in [7, 11) is -3.70. The Bertz CT molecular complexity index is 700. The number of para-hydroxylation sites is 1. The van der Waals surface area contributed by atoms with Crippen molar-refractivity contribution in [2.24, 2.45) is 0 Å². The van der Waals surface area contributed by atoms with E-state index < -0.39 is 10.0 Å². The average molecular weight is 297 g/mol. The first kappa shape index (κ1) is 13.7. The second kappa shape index (κ2) is 5.11. The molecule has 6 heteroatoms. The molecule has 0 spiro atoms. The van der Waals surface area contributed by atoms with Gasteiger partial charge in [0.1, 0.15) is 0 Å². The minimum absolute atomic E-state index is 0.0846. The Hall–Kier alpha value is -1.72. The molecule has 2 aromatic carbocycles. The Morgan fingerprint density at radius 1 is 1.16 bits per heavy atom. The summed E-state index contributed by atoms with van der Waals surface area (Å²) in [4.78, 5) is 0.0846. The molecular formula is C13H13ClN2O2S. The Morgan fingerprint density at radius 3 is 2.42 bits per heavy atom. The van der Waals surface area contributed by atoms with Gasteiger partial charge in [-0.15, -0.1) is 0 Å². The fourth-order valence-electron chi connectivity index (χ4n) is 1.67. The highest BCUT2D eigenvalue weighted by Crippen LogP contribution is 2.27. The van der Waals surface area contributed by atoms with Crippen molar-refractivity contribution in [2.45, 2.75) is 11.8 Å². The highest BCUT2D eigenvalue weighted by molar-refractivity contribution is 7.92. The third-order valence-corrected chi connectivity index (χ3v) is 4.41. The zero-order chi connectivity index (χ0) is 14.0. The van der Waals surface area contributed by atoms with Crippen LogP contribution in [0, 0.1) is 6.92 Å². The topological polar surface area (TPSA) is 72.2 Å². The van der Waals surface area contributed by atoms with Crippen LogP contribution in [0.15, 0.2) is 47.4 Å². The molecule has 2 aromatic rings. The van der Waals surface area contributed by atoms with Crippen LogP contribution in [0.2, 0.25) is 5.02 Å². The molecule has 0 amide bonds. The van der Waals surface area contributed by atoms with Crippen molar-refractivity contribution in [1.29, 1.82) is 0 Å². The number of hydrogen-bond donors (Lipinski definition) is 2. The lowest BCUT2D eigenvalue weighted by molar-refractivity contribution is 0.600. The first-order valence-electron chi connectivity index (χ1n) is 5.53. The maximum absolute atomic E-state index is 12.3. The second-order valence-corrected chi connectivity index (χ2v) is 6.18. The third-order valence-electron chi connectivity index (χ3n) is 2.68. The van der Waals surface area contributed by atoms with Gasteiger partial charge in [0.25, 0.3) is 10.0 Å². The van der Waals surface area contributed by atoms with Crippen LogP contribution in [-0.2, 0) is 10.0 Å². The fourth-order valence-corrected chi connectivity index (χ4v) is 3.32. The number of benzene rings is 2. The summed E-state index contributed by atoms with van der Waals surface area (Å²) in [6, 6.07) is 11.5. The van der Waals surface area contributed by atoms with Gasteiger partial charge < -0.3 is 5.73 Å². The van der Waals surface area contributed by atoms with Crippen molar-refractivity contribution in [3.8, 4) is 0 Å². The molecule has 0 aliphatic carbocycles. The van der Waals surface area contributed by atoms with Crippen LogP contribution in [0.3, 0.4) is 0 Å². The van der Waals surface area contributed by atoms with Crippen molar-refractivity contribution in [1.82, 2.24) is 0 Å². The number of anilines is 2. The van der Waals surface area contributed by atoms with Gasteiger partial charge in [0.05, 0.1) is 4.90 Å². The van der Waals surface area contributed by atoms with Crippen molar-refractivity contribution in [3.63, 3.8) is 0 Å². The van der Waals surface area contributed by atoms with Crippen LogP contribution in [0.1, 0.15) is 5.56 Å². The molecule has 4 nitrogen and oxygen atoms in total. The van der Waals surface area contributed by atoms with Crippen molar-refractivity contribution >= 4 is 33.0 Å². The molecule has 100 valence electrons. The van der Waals surface area contributed by atoms with Gasteiger partial charge in [-0.25, -0.2) is 8.42 Å². The van der Waals surface area contributed by atoms with Crippen LogP contribution in [-0.4, -0.2) is 8.42 Å². The summed E-state index contributed by atoms with van der Waals surface area (Å²) >= 11 is 5.86. The Labute approximate surface area is 117 Å². The Balaban J connectivity index is 2.46. The summed E-state index contributed by atoms with van der Waals surface area (Å²) in [5.74, 6) is 0. The predicted octanol–water partition coefficient (Wildman–Crippen LogP) is 3.03. The van der Waals surface area contributed by atoms with Crippen LogP contribution in [0.4, 0.5) is 11.4 Å². The van der Waals surface area contributed by atoms with Crippen molar-refractivity contribution in [2.75, 3.05) is 10.5 Å². The standard InChI is InChI=1S/C13H13ClN2O2S/c1-9-12(15)7-10(14)8-13(9)19(17,18)16-11-5-3-2-4-6-11/h2-8,16H,15H2,1H3. The lowest BCUT2D eigenvalue weighted by atomic mass is 10.2. The van der Waals surface area contributed by atoms with Gasteiger partial charge in [-0.1, -0.05) is 29.8 Å². The zero-order valence-electron chi connectivity index (χ0n) is 10.2. The smallest absolute Gasteiger partial charge is 0.262 e. The van der Waals surface area contributed by atoms with Crippen LogP contribution in [0.25, 0.3) is 0 Å². The largest absolute Gasteiger partial charge is 0.398 e. The lowest BCUT2D eigenvalue weighted by Crippen LogP contribution is -2.15. The number of hydrogen-bond acceptors (Lipinski definition) is 3. The lowest BCUT2D eigenvalue weighted by Gasteiger charge is -2.12. The number of nitrogens with two attached hydrogens (primary N) is 1. The molecule has 0 unspecified atom stereocenters. The van der Waals surface area contributed by atoms with E-state index in [9.17, 15) is 8.42 Å². The normalized spacial score (nSPS) is 11.3. The highest BCUT2D eigenvalue weighted by atomic mass is 35.5. The van der Waals surface area contributed by atoms with E-state index in [1.165, 1.54) is 12.1 Å². The van der Waals surface area contributed by atoms with Gasteiger partial charge in [-0.3, -0.25) is 4.72 Å². The quantitative estimate of drug-likeness (QED) is 0.855. The summed E-state index contributed by atoms with van der Waals surface area (Å²) in [5, 5.41) is 0.288. The minimum Gasteiger partial charge on any atom is -0.398 e. The van der Waals surface area contributed by atoms with Gasteiger partial charge in [0.15, 0.2) is 0 Å². The van der Waals surface area contributed by atoms with Gasteiger partial charge in [0, 0.05) is 16.4 Å². The van der Waals surface area contributed by atoms with E-state index in [0.717, 1.165) is 0 Å². The molecular weight excluding hydrogens is 284 g/mol. The SMILES string of the molecule is Cc1c(N)cc(Cl)cc1S(=O)(=O)Nc1ccccc1. The van der Waals surface area contributed by atoms with E-state index in [1.54, 1.807) is 37.3 Å². The van der Waals surface area contributed by atoms with E-state index in [2.05, 4.69) is 4.72 Å². The van der Waals surface area contributed by atoms with Crippen LogP contribution in [0.5, 0.6) is 0 Å². The monoisotopic (exact) mass is 296 g/mol. The molecule has 0 aliphatic rings. The number of sulfonamides is 1. The van der Waals surface area contributed by atoms with Gasteiger partial charge in [-0.2, -0.15) is 0 Å². The molecule has 19 heavy (non-hydrogen) atoms. The first-order chi connectivity index (χ1) is 8.90. The maximum Gasteiger partial charge on any atom is 0.262 e. The molecule has 0 aliphatic heterocycles. The van der Waals surface area contributed by atoms with Crippen LogP contribution < -0.4 is 10.5 Å². The number of nitrogens with one attached hydrogen (secondary N) is 1. The molecule has 0 heterocycles. The average Bonchev–Trinajstić information content (AvgIpc) is 2.34. The number of halogens is 1. The number of rotatable bonds is 3. The zero-order valence-corrected chi connectivity index (χ0v) is 11.8. The molecule has 2 rings (SSSR count). The fraction of sp³-hybridized carbons (Fsp3) is 0.0769. The molecule has 0 atom stereocenters. The minimum atomic E-state index is -3.70. The Kier molecular flexibility index (Phi) is 3.68. The van der Waals surface area contributed by atoms with Gasteiger partial charge in [-0.05, 0) is 36.8 Å².